The van der Waals surface area contributed by atoms with Crippen LogP contribution in [0.25, 0.3) is 0 Å². The summed E-state index contributed by atoms with van der Waals surface area (Å²) in [7, 11) is 0. The van der Waals surface area contributed by atoms with Crippen molar-refractivity contribution in [3.8, 4) is 11.9 Å². The Labute approximate surface area is 108 Å². The molecule has 0 saturated heterocycles. The molecule has 2 N–H and O–H groups in total. The molecule has 0 aliphatic rings. The summed E-state index contributed by atoms with van der Waals surface area (Å²) in [5.74, 6) is -1.28. The fraction of sp³-hybridized carbons (Fsp3) is 0.400. The van der Waals surface area contributed by atoms with Gasteiger partial charge in [-0.25, -0.2) is 4.98 Å². The van der Waals surface area contributed by atoms with E-state index in [2.05, 4.69) is 9.72 Å². The number of rotatable bonds is 3. The molecule has 1 aromatic rings. The number of nitriles is 1. The van der Waals surface area contributed by atoms with Crippen LogP contribution in [0.3, 0.4) is 0 Å². The molecule has 0 unspecified atom stereocenters. The maximum atomic E-state index is 12.7. The molecule has 0 atom stereocenters. The number of hydrogen-bond acceptors (Lipinski definition) is 4. The van der Waals surface area contributed by atoms with Gasteiger partial charge in [0.2, 0.25) is 5.88 Å². The minimum atomic E-state index is -5.19. The maximum Gasteiger partial charge on any atom is 0.574 e. The highest BCUT2D eigenvalue weighted by atomic mass is 19.4. The first-order valence-electron chi connectivity index (χ1n) is 5.01. The Morgan fingerprint density at radius 1 is 1.25 bits per heavy atom. The summed E-state index contributed by atoms with van der Waals surface area (Å²) < 4.78 is 77.7. The van der Waals surface area contributed by atoms with Gasteiger partial charge in [-0.1, -0.05) is 0 Å². The first kappa shape index (κ1) is 16.0. The van der Waals surface area contributed by atoms with Crippen LogP contribution in [-0.4, -0.2) is 11.3 Å². The monoisotopic (exact) mass is 299 g/mol. The molecular weight excluding hydrogens is 292 g/mol. The Bertz CT molecular complexity index is 532. The molecule has 0 spiro atoms. The number of aromatic nitrogens is 1. The number of alkyl halides is 6. The van der Waals surface area contributed by atoms with Gasteiger partial charge < -0.3 is 10.5 Å². The summed E-state index contributed by atoms with van der Waals surface area (Å²) in [5.41, 5.74) is 2.71. The quantitative estimate of drug-likeness (QED) is 0.870. The van der Waals surface area contributed by atoms with Crippen molar-refractivity contribution in [2.75, 3.05) is 0 Å². The molecule has 0 saturated carbocycles. The first-order valence-corrected chi connectivity index (χ1v) is 5.01. The van der Waals surface area contributed by atoms with Crippen LogP contribution in [-0.2, 0) is 19.1 Å². The number of halogens is 6. The standard InChI is InChI=1S/C10H7F6N3O/c11-9(12,13)8-6(4-18)5(1-2-17)3-7(19-8)20-10(14,15)16/h3H,1,4,18H2. The molecule has 110 valence electrons. The second kappa shape index (κ2) is 5.54. The van der Waals surface area contributed by atoms with Crippen molar-refractivity contribution < 1.29 is 31.1 Å². The van der Waals surface area contributed by atoms with Gasteiger partial charge in [0.1, 0.15) is 0 Å². The lowest BCUT2D eigenvalue weighted by Crippen LogP contribution is -2.22. The molecule has 0 radical (unpaired) electrons. The third kappa shape index (κ3) is 3.99. The molecule has 0 fully saturated rings. The lowest BCUT2D eigenvalue weighted by molar-refractivity contribution is -0.276. The first-order chi connectivity index (χ1) is 9.08. The summed E-state index contributed by atoms with van der Waals surface area (Å²) in [6.45, 7) is -0.620. The van der Waals surface area contributed by atoms with Crippen molar-refractivity contribution in [2.24, 2.45) is 5.73 Å². The summed E-state index contributed by atoms with van der Waals surface area (Å²) in [6.07, 6.45) is -10.7. The highest BCUT2D eigenvalue weighted by Gasteiger charge is 2.38. The minimum absolute atomic E-state index is 0.309. The number of ether oxygens (including phenoxy) is 1. The van der Waals surface area contributed by atoms with E-state index in [1.165, 1.54) is 6.07 Å². The topological polar surface area (TPSA) is 71.9 Å². The Morgan fingerprint density at radius 3 is 2.25 bits per heavy atom. The molecule has 0 amide bonds. The van der Waals surface area contributed by atoms with Crippen LogP contribution in [0.1, 0.15) is 16.8 Å². The number of nitrogens with two attached hydrogens (primary N) is 1. The highest BCUT2D eigenvalue weighted by molar-refractivity contribution is 5.38. The molecule has 0 aliphatic heterocycles. The predicted molar refractivity (Wildman–Crippen MR) is 53.1 cm³/mol. The highest BCUT2D eigenvalue weighted by Crippen LogP contribution is 2.35. The zero-order chi connectivity index (χ0) is 15.6. The van der Waals surface area contributed by atoms with E-state index in [0.29, 0.717) is 6.07 Å². The van der Waals surface area contributed by atoms with Gasteiger partial charge in [0.05, 0.1) is 12.5 Å². The molecule has 4 nitrogen and oxygen atoms in total. The molecule has 0 aliphatic carbocycles. The molecular formula is C10H7F6N3O. The Balaban J connectivity index is 3.44. The van der Waals surface area contributed by atoms with E-state index in [0.717, 1.165) is 0 Å². The molecule has 1 aromatic heterocycles. The van der Waals surface area contributed by atoms with E-state index in [4.69, 9.17) is 11.0 Å². The molecule has 20 heavy (non-hydrogen) atoms. The van der Waals surface area contributed by atoms with E-state index in [9.17, 15) is 26.3 Å². The van der Waals surface area contributed by atoms with Gasteiger partial charge in [-0.15, -0.1) is 13.2 Å². The lowest BCUT2D eigenvalue weighted by atomic mass is 10.0. The van der Waals surface area contributed by atoms with Gasteiger partial charge in [0, 0.05) is 18.2 Å². The summed E-state index contributed by atoms with van der Waals surface area (Å²) in [6, 6.07) is 2.16. The van der Waals surface area contributed by atoms with Crippen LogP contribution in [0.2, 0.25) is 0 Å². The van der Waals surface area contributed by atoms with E-state index in [-0.39, 0.29) is 5.56 Å². The summed E-state index contributed by atoms with van der Waals surface area (Å²) in [5, 5.41) is 8.50. The largest absolute Gasteiger partial charge is 0.574 e. The van der Waals surface area contributed by atoms with Gasteiger partial charge in [-0.3, -0.25) is 0 Å². The summed E-state index contributed by atoms with van der Waals surface area (Å²) in [4.78, 5) is 2.79. The average molecular weight is 299 g/mol. The van der Waals surface area contributed by atoms with Crippen LogP contribution < -0.4 is 10.5 Å². The van der Waals surface area contributed by atoms with Crippen molar-refractivity contribution in [3.63, 3.8) is 0 Å². The number of hydrogen-bond donors (Lipinski definition) is 1. The molecule has 0 aromatic carbocycles. The zero-order valence-corrected chi connectivity index (χ0v) is 9.64. The van der Waals surface area contributed by atoms with Gasteiger partial charge in [0.25, 0.3) is 0 Å². The van der Waals surface area contributed by atoms with E-state index >= 15 is 0 Å². The van der Waals surface area contributed by atoms with E-state index < -0.39 is 42.6 Å². The van der Waals surface area contributed by atoms with Gasteiger partial charge in [-0.05, 0) is 5.56 Å². The third-order valence-electron chi connectivity index (χ3n) is 2.16. The molecule has 1 heterocycles. The van der Waals surface area contributed by atoms with E-state index in [1.807, 2.05) is 0 Å². The van der Waals surface area contributed by atoms with Crippen LogP contribution in [0.4, 0.5) is 26.3 Å². The van der Waals surface area contributed by atoms with E-state index in [1.54, 1.807) is 0 Å². The van der Waals surface area contributed by atoms with Gasteiger partial charge >= 0.3 is 12.5 Å². The minimum Gasteiger partial charge on any atom is -0.388 e. The van der Waals surface area contributed by atoms with Crippen molar-refractivity contribution in [1.29, 1.82) is 5.26 Å². The SMILES string of the molecule is N#CCc1cc(OC(F)(F)F)nc(C(F)(F)F)c1CN. The van der Waals surface area contributed by atoms with Crippen LogP contribution in [0.5, 0.6) is 5.88 Å². The van der Waals surface area contributed by atoms with Crippen LogP contribution >= 0.6 is 0 Å². The Morgan fingerprint density at radius 2 is 1.85 bits per heavy atom. The second-order valence-electron chi connectivity index (χ2n) is 3.53. The van der Waals surface area contributed by atoms with Crippen molar-refractivity contribution >= 4 is 0 Å². The smallest absolute Gasteiger partial charge is 0.388 e. The van der Waals surface area contributed by atoms with Crippen LogP contribution in [0, 0.1) is 11.3 Å². The Kier molecular flexibility index (Phi) is 4.44. The molecule has 1 rings (SSSR count). The van der Waals surface area contributed by atoms with Crippen molar-refractivity contribution in [1.82, 2.24) is 4.98 Å². The third-order valence-corrected chi connectivity index (χ3v) is 2.16. The van der Waals surface area contributed by atoms with Gasteiger partial charge in [0.15, 0.2) is 5.69 Å². The fourth-order valence-electron chi connectivity index (χ4n) is 1.47. The lowest BCUT2D eigenvalue weighted by Gasteiger charge is -2.16. The van der Waals surface area contributed by atoms with Gasteiger partial charge in [-0.2, -0.15) is 18.4 Å². The summed E-state index contributed by atoms with van der Waals surface area (Å²) >= 11 is 0. The van der Waals surface area contributed by atoms with Crippen molar-refractivity contribution in [2.45, 2.75) is 25.5 Å². The average Bonchev–Trinajstić information content (AvgIpc) is 2.25. The normalized spacial score (nSPS) is 12.1. The van der Waals surface area contributed by atoms with Crippen LogP contribution in [0.15, 0.2) is 6.07 Å². The van der Waals surface area contributed by atoms with Crippen molar-refractivity contribution in [3.05, 3.63) is 22.9 Å². The molecule has 10 heteroatoms. The number of nitrogens with zero attached hydrogens (tertiary/aromatic N) is 2. The second-order valence-corrected chi connectivity index (χ2v) is 3.53. The molecule has 0 bridgehead atoms. The fourth-order valence-corrected chi connectivity index (χ4v) is 1.47. The zero-order valence-electron chi connectivity index (χ0n) is 9.64. The Hall–Kier alpha value is -2.02. The maximum absolute atomic E-state index is 12.7. The predicted octanol–water partition coefficient (Wildman–Crippen LogP) is 2.52. The number of pyridine rings is 1.